The number of phenols is 1. The van der Waals surface area contributed by atoms with Crippen LogP contribution in [0.25, 0.3) is 0 Å². The van der Waals surface area contributed by atoms with Gasteiger partial charge in [-0.1, -0.05) is 0 Å². The zero-order chi connectivity index (χ0) is 11.8. The maximum absolute atomic E-state index is 10.5. The number of aromatic hydroxyl groups is 1. The maximum atomic E-state index is 10.5. The number of nitrogens with one attached hydrogen (secondary N) is 1. The van der Waals surface area contributed by atoms with Crippen molar-refractivity contribution in [2.45, 2.75) is 6.92 Å². The molecule has 16 heavy (non-hydrogen) atoms. The first kappa shape index (κ1) is 17.2. The maximum Gasteiger partial charge on any atom is 1.00 e. The number of carboxylic acid groups (broad SMARTS) is 2. The molecule has 3 N–H and O–H groups in total. The van der Waals surface area contributed by atoms with Gasteiger partial charge in [0.15, 0.2) is 0 Å². The van der Waals surface area contributed by atoms with E-state index in [4.69, 9.17) is 20.1 Å². The number of anilines is 1. The van der Waals surface area contributed by atoms with Crippen LogP contribution in [0.4, 0.5) is 10.5 Å². The summed E-state index contributed by atoms with van der Waals surface area (Å²) in [4.78, 5) is 19.0. The second-order valence-electron chi connectivity index (χ2n) is 2.49. The summed E-state index contributed by atoms with van der Waals surface area (Å²) < 4.78 is 0. The van der Waals surface area contributed by atoms with E-state index in [1.807, 2.05) is 0 Å². The van der Waals surface area contributed by atoms with Gasteiger partial charge in [-0.25, -0.2) is 0 Å². The minimum Gasteiger partial charge on any atom is -0.565 e. The summed E-state index contributed by atoms with van der Waals surface area (Å²) in [7, 11) is 0. The first-order valence-electron chi connectivity index (χ1n) is 3.88. The Hall–Kier alpha value is -1.24. The van der Waals surface area contributed by atoms with E-state index in [2.05, 4.69) is 5.32 Å². The summed E-state index contributed by atoms with van der Waals surface area (Å²) in [5.74, 6) is 0.0785. The van der Waals surface area contributed by atoms with Crippen molar-refractivity contribution in [1.82, 2.24) is 0 Å². The Balaban J connectivity index is 0. The van der Waals surface area contributed by atoms with Gasteiger partial charge in [-0.15, -0.1) is 0 Å². The van der Waals surface area contributed by atoms with E-state index in [-0.39, 0.29) is 41.2 Å². The van der Waals surface area contributed by atoms with Crippen molar-refractivity contribution in [3.8, 4) is 5.75 Å². The normalized spacial score (nSPS) is 7.81. The topological polar surface area (TPSA) is 110 Å². The average molecular weight is 235 g/mol. The molecular weight excluding hydrogens is 225 g/mol. The van der Waals surface area contributed by atoms with Crippen LogP contribution in [-0.2, 0) is 4.79 Å². The van der Waals surface area contributed by atoms with Crippen LogP contribution in [0.15, 0.2) is 24.3 Å². The van der Waals surface area contributed by atoms with Gasteiger partial charge in [0.05, 0.1) is 0 Å². The van der Waals surface area contributed by atoms with Crippen LogP contribution in [0.3, 0.4) is 0 Å². The Morgan fingerprint density at radius 2 is 1.62 bits per heavy atom. The van der Waals surface area contributed by atoms with E-state index in [9.17, 15) is 4.79 Å². The first-order valence-corrected chi connectivity index (χ1v) is 3.88. The van der Waals surface area contributed by atoms with E-state index in [0.29, 0.717) is 5.69 Å². The van der Waals surface area contributed by atoms with Crippen LogP contribution in [-0.4, -0.2) is 22.3 Å². The van der Waals surface area contributed by atoms with Crippen molar-refractivity contribution >= 4 is 17.7 Å². The molecule has 0 bridgehead atoms. The molecule has 1 aromatic carbocycles. The summed E-state index contributed by atoms with van der Waals surface area (Å²) in [6.45, 7) is 1.44. The summed E-state index contributed by atoms with van der Waals surface area (Å²) in [6.07, 6.45) is -2.08. The Morgan fingerprint density at radius 3 is 1.94 bits per heavy atom. The van der Waals surface area contributed by atoms with Crippen molar-refractivity contribution < 1.29 is 54.5 Å². The fourth-order valence-electron chi connectivity index (χ4n) is 0.748. The Labute approximate surface area is 114 Å². The van der Waals surface area contributed by atoms with Gasteiger partial charge < -0.3 is 25.4 Å². The molecule has 0 spiro atoms. The zero-order valence-electron chi connectivity index (χ0n) is 8.93. The minimum atomic E-state index is -2.08. The number of carbonyl (C=O) groups excluding carboxylic acids is 1. The molecule has 0 unspecified atom stereocenters. The number of hydrogen-bond acceptors (Lipinski definition) is 4. The molecule has 0 aromatic heterocycles. The summed E-state index contributed by atoms with van der Waals surface area (Å²) >= 11 is 0. The molecule has 7 heteroatoms. The zero-order valence-corrected chi connectivity index (χ0v) is 10.9. The number of carbonyl (C=O) groups is 2. The smallest absolute Gasteiger partial charge is 0.565 e. The molecule has 0 aliphatic heterocycles. The van der Waals surface area contributed by atoms with Crippen molar-refractivity contribution in [1.29, 1.82) is 0 Å². The molecule has 0 radical (unpaired) electrons. The third kappa shape index (κ3) is 10.8. The molecule has 0 saturated heterocycles. The van der Waals surface area contributed by atoms with E-state index < -0.39 is 6.16 Å². The molecule has 6 nitrogen and oxygen atoms in total. The van der Waals surface area contributed by atoms with Gasteiger partial charge in [0.2, 0.25) is 12.1 Å². The second-order valence-corrected chi connectivity index (χ2v) is 2.49. The molecule has 0 atom stereocenters. The van der Waals surface area contributed by atoms with E-state index >= 15 is 0 Å². The van der Waals surface area contributed by atoms with Crippen LogP contribution < -0.4 is 40.0 Å². The van der Waals surface area contributed by atoms with E-state index in [1.54, 1.807) is 12.1 Å². The molecule has 0 saturated carbocycles. The molecule has 0 aliphatic rings. The molecule has 1 aromatic rings. The second kappa shape index (κ2) is 9.02. The fraction of sp³-hybridized carbons (Fsp3) is 0.111. The van der Waals surface area contributed by atoms with Gasteiger partial charge in [-0.05, 0) is 24.3 Å². The Morgan fingerprint density at radius 1 is 1.25 bits per heavy atom. The van der Waals surface area contributed by atoms with Crippen LogP contribution in [0.2, 0.25) is 0 Å². The largest absolute Gasteiger partial charge is 1.00 e. The van der Waals surface area contributed by atoms with Crippen LogP contribution >= 0.6 is 0 Å². The average Bonchev–Trinajstić information content (AvgIpc) is 2.07. The van der Waals surface area contributed by atoms with Gasteiger partial charge in [0, 0.05) is 12.6 Å². The number of phenolic OH excluding ortho intramolecular Hbond substituents is 1. The third-order valence-electron chi connectivity index (χ3n) is 1.19. The number of rotatable bonds is 1. The quantitative estimate of drug-likeness (QED) is 0.361. The third-order valence-corrected chi connectivity index (χ3v) is 1.19. The molecule has 0 fully saturated rings. The fourth-order valence-corrected chi connectivity index (χ4v) is 0.748. The summed E-state index contributed by atoms with van der Waals surface area (Å²) in [5, 5.41) is 26.8. The number of amides is 1. The summed E-state index contributed by atoms with van der Waals surface area (Å²) in [6, 6.07) is 6.31. The Bertz CT molecular complexity index is 334. The van der Waals surface area contributed by atoms with Crippen molar-refractivity contribution in [3.05, 3.63) is 24.3 Å². The van der Waals surface area contributed by atoms with Crippen molar-refractivity contribution in [3.63, 3.8) is 0 Å². The van der Waals surface area contributed by atoms with Gasteiger partial charge in [-0.2, -0.15) is 0 Å². The SMILES string of the molecule is CC(=O)Nc1ccc(O)cc1.O=C([O-])O.[Na+]. The Kier molecular flexibility index (Phi) is 9.68. The van der Waals surface area contributed by atoms with E-state index in [1.165, 1.54) is 19.1 Å². The van der Waals surface area contributed by atoms with Gasteiger partial charge in [-0.3, -0.25) is 4.79 Å². The molecule has 82 valence electrons. The number of hydrogen-bond donors (Lipinski definition) is 3. The standard InChI is InChI=1S/C8H9NO2.CH2O3.Na/c1-6(10)9-7-2-4-8(11)5-3-7;2-1(3)4;/h2-5,11H,1H3,(H,9,10);(H2,2,3,4);/q;;+1/p-1. The predicted octanol–water partition coefficient (Wildman–Crippen LogP) is -2.76. The monoisotopic (exact) mass is 235 g/mol. The van der Waals surface area contributed by atoms with Crippen LogP contribution in [0, 0.1) is 0 Å². The van der Waals surface area contributed by atoms with E-state index in [0.717, 1.165) is 0 Å². The molecule has 1 amide bonds. The van der Waals surface area contributed by atoms with Gasteiger partial charge >= 0.3 is 29.6 Å². The summed E-state index contributed by atoms with van der Waals surface area (Å²) in [5.41, 5.74) is 0.690. The van der Waals surface area contributed by atoms with Gasteiger partial charge in [0.25, 0.3) is 0 Å². The number of benzene rings is 1. The molecule has 0 aliphatic carbocycles. The predicted molar refractivity (Wildman–Crippen MR) is 50.4 cm³/mol. The molecule has 0 heterocycles. The molecular formula is C9H10NNaO5. The van der Waals surface area contributed by atoms with Crippen molar-refractivity contribution in [2.75, 3.05) is 5.32 Å². The van der Waals surface area contributed by atoms with Crippen molar-refractivity contribution in [2.24, 2.45) is 0 Å². The van der Waals surface area contributed by atoms with Gasteiger partial charge in [0.1, 0.15) is 5.75 Å². The minimum absolute atomic E-state index is 0. The van der Waals surface area contributed by atoms with Crippen LogP contribution in [0.1, 0.15) is 6.92 Å². The molecule has 1 rings (SSSR count). The first-order chi connectivity index (χ1) is 6.91. The van der Waals surface area contributed by atoms with Crippen LogP contribution in [0.5, 0.6) is 5.75 Å².